The fraction of sp³-hybridized carbons (Fsp3) is 0.818. The van der Waals surface area contributed by atoms with Crippen LogP contribution in [-0.2, 0) is 9.53 Å². The number of hydrogen-bond donors (Lipinski definition) is 2. The molecular formula is C11H19Cl2NO4. The molecule has 0 aliphatic heterocycles. The van der Waals surface area contributed by atoms with Gasteiger partial charge in [-0.25, -0.2) is 9.59 Å². The second kappa shape index (κ2) is 6.48. The summed E-state index contributed by atoms with van der Waals surface area (Å²) >= 11 is 11.1. The zero-order valence-corrected chi connectivity index (χ0v) is 12.4. The van der Waals surface area contributed by atoms with E-state index in [4.69, 9.17) is 33.0 Å². The first-order valence-corrected chi connectivity index (χ1v) is 6.36. The molecule has 18 heavy (non-hydrogen) atoms. The van der Waals surface area contributed by atoms with Crippen molar-refractivity contribution in [2.24, 2.45) is 0 Å². The molecule has 0 fully saturated rings. The van der Waals surface area contributed by atoms with Crippen LogP contribution >= 0.6 is 23.2 Å². The van der Waals surface area contributed by atoms with E-state index < -0.39 is 28.0 Å². The van der Waals surface area contributed by atoms with E-state index in [-0.39, 0.29) is 12.8 Å². The molecule has 0 bridgehead atoms. The summed E-state index contributed by atoms with van der Waals surface area (Å²) in [7, 11) is 0. The number of alkyl carbamates (subject to hydrolysis) is 1. The summed E-state index contributed by atoms with van der Waals surface area (Å²) in [5, 5.41) is 11.5. The van der Waals surface area contributed by atoms with Crippen molar-refractivity contribution in [3.05, 3.63) is 0 Å². The van der Waals surface area contributed by atoms with Gasteiger partial charge in [0.2, 0.25) is 0 Å². The lowest BCUT2D eigenvalue weighted by atomic mass is 9.96. The van der Waals surface area contributed by atoms with Crippen molar-refractivity contribution < 1.29 is 19.4 Å². The number of amides is 1. The van der Waals surface area contributed by atoms with Gasteiger partial charge in [0.05, 0.1) is 0 Å². The van der Waals surface area contributed by atoms with Crippen LogP contribution < -0.4 is 5.32 Å². The van der Waals surface area contributed by atoms with Crippen LogP contribution in [0, 0.1) is 0 Å². The third-order valence-electron chi connectivity index (χ3n) is 2.11. The van der Waals surface area contributed by atoms with Gasteiger partial charge in [-0.3, -0.25) is 0 Å². The minimum atomic E-state index is -1.45. The zero-order chi connectivity index (χ0) is 14.6. The Morgan fingerprint density at radius 1 is 1.28 bits per heavy atom. The number of carboxylic acids is 1. The molecule has 0 aromatic heterocycles. The summed E-state index contributed by atoms with van der Waals surface area (Å²) < 4.78 is 5.01. The van der Waals surface area contributed by atoms with Gasteiger partial charge >= 0.3 is 12.1 Å². The molecule has 7 heteroatoms. The minimum Gasteiger partial charge on any atom is -0.480 e. The fourth-order valence-corrected chi connectivity index (χ4v) is 1.37. The Labute approximate surface area is 117 Å². The quantitative estimate of drug-likeness (QED) is 0.765. The highest BCUT2D eigenvalue weighted by Crippen LogP contribution is 2.20. The van der Waals surface area contributed by atoms with E-state index in [9.17, 15) is 9.59 Å². The van der Waals surface area contributed by atoms with Crippen molar-refractivity contribution in [2.75, 3.05) is 0 Å². The molecule has 2 N–H and O–H groups in total. The molecule has 0 aliphatic carbocycles. The first kappa shape index (κ1) is 17.3. The SMILES string of the molecule is CC(C)(C)OC(=O)N[C@@](C)(CCC(Cl)Cl)C(=O)O. The lowest BCUT2D eigenvalue weighted by Gasteiger charge is -2.28. The van der Waals surface area contributed by atoms with Gasteiger partial charge in [0.25, 0.3) is 0 Å². The molecule has 5 nitrogen and oxygen atoms in total. The van der Waals surface area contributed by atoms with Crippen molar-refractivity contribution >= 4 is 35.3 Å². The topological polar surface area (TPSA) is 75.6 Å². The van der Waals surface area contributed by atoms with Crippen molar-refractivity contribution in [1.82, 2.24) is 5.32 Å². The van der Waals surface area contributed by atoms with E-state index >= 15 is 0 Å². The fourth-order valence-electron chi connectivity index (χ4n) is 1.15. The number of rotatable bonds is 5. The van der Waals surface area contributed by atoms with Crippen LogP contribution in [0.5, 0.6) is 0 Å². The molecule has 0 spiro atoms. The number of hydrogen-bond acceptors (Lipinski definition) is 3. The van der Waals surface area contributed by atoms with Crippen LogP contribution in [0.4, 0.5) is 4.79 Å². The molecule has 0 unspecified atom stereocenters. The molecular weight excluding hydrogens is 281 g/mol. The Morgan fingerprint density at radius 3 is 2.11 bits per heavy atom. The standard InChI is InChI=1S/C11H19Cl2NO4/c1-10(2,3)18-9(17)14-11(4,8(15)16)6-5-7(12)13/h7H,5-6H2,1-4H3,(H,14,17)(H,15,16)/t11-/m0/s1. The molecule has 106 valence electrons. The molecule has 0 aromatic rings. The third kappa shape index (κ3) is 6.91. The monoisotopic (exact) mass is 299 g/mol. The molecule has 0 aromatic carbocycles. The average Bonchev–Trinajstić information content (AvgIpc) is 2.11. The van der Waals surface area contributed by atoms with E-state index in [1.54, 1.807) is 20.8 Å². The van der Waals surface area contributed by atoms with Gasteiger partial charge in [-0.05, 0) is 40.5 Å². The zero-order valence-electron chi connectivity index (χ0n) is 10.9. The number of alkyl halides is 2. The number of halogens is 2. The third-order valence-corrected chi connectivity index (χ3v) is 2.55. The molecule has 0 rings (SSSR count). The molecule has 0 saturated carbocycles. The van der Waals surface area contributed by atoms with Crippen LogP contribution in [0.15, 0.2) is 0 Å². The highest BCUT2D eigenvalue weighted by Gasteiger charge is 2.36. The van der Waals surface area contributed by atoms with Crippen molar-refractivity contribution in [1.29, 1.82) is 0 Å². The number of aliphatic carboxylic acids is 1. The van der Waals surface area contributed by atoms with Gasteiger partial charge in [0.1, 0.15) is 16.0 Å². The summed E-state index contributed by atoms with van der Waals surface area (Å²) in [5.41, 5.74) is -2.14. The molecule has 0 saturated heterocycles. The summed E-state index contributed by atoms with van der Waals surface area (Å²) in [6.45, 7) is 6.46. The summed E-state index contributed by atoms with van der Waals surface area (Å²) in [6.07, 6.45) is -0.422. The Hall–Kier alpha value is -0.680. The Kier molecular flexibility index (Phi) is 6.23. The van der Waals surface area contributed by atoms with Crippen LogP contribution in [0.3, 0.4) is 0 Å². The first-order valence-electron chi connectivity index (χ1n) is 5.49. The summed E-state index contributed by atoms with van der Waals surface area (Å²) in [5.74, 6) is -1.16. The van der Waals surface area contributed by atoms with E-state index in [0.717, 1.165) is 0 Å². The number of ether oxygens (including phenoxy) is 1. The number of carboxylic acid groups (broad SMARTS) is 1. The van der Waals surface area contributed by atoms with Crippen LogP contribution in [0.25, 0.3) is 0 Å². The van der Waals surface area contributed by atoms with Gasteiger partial charge in [0.15, 0.2) is 0 Å². The van der Waals surface area contributed by atoms with E-state index in [1.165, 1.54) is 6.92 Å². The van der Waals surface area contributed by atoms with Crippen molar-refractivity contribution in [3.63, 3.8) is 0 Å². The summed E-state index contributed by atoms with van der Waals surface area (Å²) in [6, 6.07) is 0. The molecule has 0 heterocycles. The maximum Gasteiger partial charge on any atom is 0.408 e. The first-order chi connectivity index (χ1) is 7.96. The second-order valence-corrected chi connectivity index (χ2v) is 6.47. The lowest BCUT2D eigenvalue weighted by molar-refractivity contribution is -0.144. The maximum atomic E-state index is 11.6. The Morgan fingerprint density at radius 2 is 1.78 bits per heavy atom. The lowest BCUT2D eigenvalue weighted by Crippen LogP contribution is -2.53. The van der Waals surface area contributed by atoms with Gasteiger partial charge in [-0.15, -0.1) is 23.2 Å². The van der Waals surface area contributed by atoms with Gasteiger partial charge in [-0.2, -0.15) is 0 Å². The normalized spacial score (nSPS) is 15.1. The maximum absolute atomic E-state index is 11.6. The molecule has 0 radical (unpaired) electrons. The summed E-state index contributed by atoms with van der Waals surface area (Å²) in [4.78, 5) is 22.1. The van der Waals surface area contributed by atoms with Gasteiger partial charge in [0, 0.05) is 0 Å². The highest BCUT2D eigenvalue weighted by atomic mass is 35.5. The smallest absolute Gasteiger partial charge is 0.408 e. The van der Waals surface area contributed by atoms with E-state index in [2.05, 4.69) is 5.32 Å². The van der Waals surface area contributed by atoms with E-state index in [0.29, 0.717) is 0 Å². The van der Waals surface area contributed by atoms with Gasteiger partial charge in [-0.1, -0.05) is 0 Å². The minimum absolute atomic E-state index is 0.110. The predicted molar refractivity (Wildman–Crippen MR) is 70.1 cm³/mol. The average molecular weight is 300 g/mol. The van der Waals surface area contributed by atoms with Crippen LogP contribution in [0.2, 0.25) is 0 Å². The second-order valence-electron chi connectivity index (χ2n) is 5.19. The highest BCUT2D eigenvalue weighted by molar-refractivity contribution is 6.44. The Balaban J connectivity index is 4.61. The predicted octanol–water partition coefficient (Wildman–Crippen LogP) is 2.94. The Bertz CT molecular complexity index is 315. The molecule has 1 atom stereocenters. The molecule has 1 amide bonds. The van der Waals surface area contributed by atoms with Crippen LogP contribution in [-0.4, -0.2) is 33.1 Å². The van der Waals surface area contributed by atoms with Crippen molar-refractivity contribution in [3.8, 4) is 0 Å². The number of carbonyl (C=O) groups is 2. The van der Waals surface area contributed by atoms with Crippen LogP contribution in [0.1, 0.15) is 40.5 Å². The van der Waals surface area contributed by atoms with Gasteiger partial charge < -0.3 is 15.2 Å². The largest absolute Gasteiger partial charge is 0.480 e. The number of nitrogens with one attached hydrogen (secondary N) is 1. The van der Waals surface area contributed by atoms with E-state index in [1.807, 2.05) is 0 Å². The van der Waals surface area contributed by atoms with Crippen molar-refractivity contribution in [2.45, 2.75) is 56.5 Å². The molecule has 0 aliphatic rings. The number of carbonyl (C=O) groups excluding carboxylic acids is 1.